The number of rotatable bonds is 8. The lowest BCUT2D eigenvalue weighted by atomic mass is 10.0. The number of nitrogens with zero attached hydrogens (tertiary/aromatic N) is 1. The van der Waals surface area contributed by atoms with E-state index in [9.17, 15) is 22.0 Å². The number of amides is 1. The van der Waals surface area contributed by atoms with Crippen LogP contribution in [0.15, 0.2) is 47.1 Å². The van der Waals surface area contributed by atoms with Crippen LogP contribution in [0.4, 0.5) is 14.5 Å². The van der Waals surface area contributed by atoms with Gasteiger partial charge in [-0.3, -0.25) is 9.52 Å². The monoisotopic (exact) mass is 465 g/mol. The van der Waals surface area contributed by atoms with Crippen molar-refractivity contribution in [2.45, 2.75) is 26.3 Å². The first-order chi connectivity index (χ1) is 15.0. The standard InChI is InChI=1S/C21H21F2N3O5S/c1-12(2)14-5-4-6-15(9-14)31-21-25-18(11-30-21)20(27)24-10-13-7-16(22)19(17(23)8-13)26-32(3,28)29/h4-9,11-12,26H,10H2,1-3H3,(H,24,27). The number of aromatic nitrogens is 1. The Labute approximate surface area is 183 Å². The summed E-state index contributed by atoms with van der Waals surface area (Å²) in [6.45, 7) is 3.85. The average Bonchev–Trinajstić information content (AvgIpc) is 3.17. The van der Waals surface area contributed by atoms with Crippen molar-refractivity contribution in [2.24, 2.45) is 0 Å². The maximum Gasteiger partial charge on any atom is 0.399 e. The summed E-state index contributed by atoms with van der Waals surface area (Å²) in [6.07, 6.45) is 1.73. The molecule has 0 aliphatic rings. The molecule has 2 aromatic carbocycles. The maximum absolute atomic E-state index is 14.1. The molecule has 170 valence electrons. The minimum absolute atomic E-state index is 0.0814. The molecule has 0 aliphatic heterocycles. The summed E-state index contributed by atoms with van der Waals surface area (Å²) < 4.78 is 63.0. The molecule has 0 radical (unpaired) electrons. The van der Waals surface area contributed by atoms with Gasteiger partial charge in [0.2, 0.25) is 10.0 Å². The normalized spacial score (nSPS) is 11.4. The zero-order chi connectivity index (χ0) is 23.5. The minimum atomic E-state index is -3.85. The number of anilines is 1. The van der Waals surface area contributed by atoms with Crippen LogP contribution in [-0.2, 0) is 16.6 Å². The van der Waals surface area contributed by atoms with Crippen molar-refractivity contribution in [3.8, 4) is 11.8 Å². The molecular weight excluding hydrogens is 444 g/mol. The van der Waals surface area contributed by atoms with Gasteiger partial charge in [0.05, 0.1) is 6.26 Å². The molecule has 11 heteroatoms. The van der Waals surface area contributed by atoms with Crippen molar-refractivity contribution >= 4 is 21.6 Å². The quantitative estimate of drug-likeness (QED) is 0.517. The molecule has 8 nitrogen and oxygen atoms in total. The van der Waals surface area contributed by atoms with Crippen LogP contribution < -0.4 is 14.8 Å². The van der Waals surface area contributed by atoms with Crippen molar-refractivity contribution in [3.63, 3.8) is 0 Å². The molecule has 0 atom stereocenters. The Morgan fingerprint density at radius 2 is 1.88 bits per heavy atom. The third kappa shape index (κ3) is 6.03. The second-order valence-corrected chi connectivity index (χ2v) is 9.07. The largest absolute Gasteiger partial charge is 0.416 e. The van der Waals surface area contributed by atoms with E-state index in [1.54, 1.807) is 10.8 Å². The molecule has 1 aromatic heterocycles. The molecule has 0 saturated carbocycles. The molecule has 2 N–H and O–H groups in total. The van der Waals surface area contributed by atoms with E-state index in [2.05, 4.69) is 10.3 Å². The molecular formula is C21H21F2N3O5S. The third-order valence-electron chi connectivity index (χ3n) is 4.29. The molecule has 0 unspecified atom stereocenters. The SMILES string of the molecule is CC(C)c1cccc(Oc2nc(C(=O)NCc3cc(F)c(NS(C)(=O)=O)c(F)c3)co2)c1. The molecule has 0 aliphatic carbocycles. The number of sulfonamides is 1. The molecule has 0 saturated heterocycles. The van der Waals surface area contributed by atoms with Gasteiger partial charge in [0.1, 0.15) is 17.7 Å². The van der Waals surface area contributed by atoms with Crippen molar-refractivity contribution < 1.29 is 31.1 Å². The Balaban J connectivity index is 1.64. The van der Waals surface area contributed by atoms with Crippen LogP contribution in [0.3, 0.4) is 0 Å². The predicted octanol–water partition coefficient (Wildman–Crippen LogP) is 4.17. The fourth-order valence-corrected chi connectivity index (χ4v) is 3.30. The van der Waals surface area contributed by atoms with Crippen LogP contribution >= 0.6 is 0 Å². The highest BCUT2D eigenvalue weighted by molar-refractivity contribution is 7.92. The van der Waals surface area contributed by atoms with Crippen LogP contribution in [0.2, 0.25) is 0 Å². The first-order valence-corrected chi connectivity index (χ1v) is 11.4. The Hall–Kier alpha value is -3.47. The van der Waals surface area contributed by atoms with Gasteiger partial charge in [0.25, 0.3) is 5.91 Å². The smallest absolute Gasteiger partial charge is 0.399 e. The molecule has 0 spiro atoms. The number of ether oxygens (including phenoxy) is 1. The molecule has 0 fully saturated rings. The zero-order valence-corrected chi connectivity index (χ0v) is 18.3. The second-order valence-electron chi connectivity index (χ2n) is 7.32. The predicted molar refractivity (Wildman–Crippen MR) is 113 cm³/mol. The summed E-state index contributed by atoms with van der Waals surface area (Å²) in [5, 5.41) is 2.45. The number of hydrogen-bond donors (Lipinski definition) is 2. The fraction of sp³-hybridized carbons (Fsp3) is 0.238. The molecule has 0 bridgehead atoms. The number of halogens is 2. The highest BCUT2D eigenvalue weighted by Gasteiger charge is 2.17. The Morgan fingerprint density at radius 1 is 1.19 bits per heavy atom. The van der Waals surface area contributed by atoms with E-state index in [4.69, 9.17) is 9.15 Å². The van der Waals surface area contributed by atoms with Crippen molar-refractivity contribution in [1.29, 1.82) is 0 Å². The molecule has 1 heterocycles. The van der Waals surface area contributed by atoms with Crippen LogP contribution in [0.1, 0.15) is 41.4 Å². The number of nitrogens with one attached hydrogen (secondary N) is 2. The summed E-state index contributed by atoms with van der Waals surface area (Å²) in [7, 11) is -3.85. The number of carbonyl (C=O) groups is 1. The molecule has 3 aromatic rings. The van der Waals surface area contributed by atoms with Gasteiger partial charge in [-0.15, -0.1) is 0 Å². The second kappa shape index (κ2) is 9.35. The lowest BCUT2D eigenvalue weighted by Crippen LogP contribution is -2.23. The Kier molecular flexibility index (Phi) is 6.78. The summed E-state index contributed by atoms with van der Waals surface area (Å²) in [6, 6.07) is 9.17. The zero-order valence-electron chi connectivity index (χ0n) is 17.5. The van der Waals surface area contributed by atoms with Gasteiger partial charge in [-0.1, -0.05) is 26.0 Å². The number of oxazole rings is 1. The molecule has 1 amide bonds. The summed E-state index contributed by atoms with van der Waals surface area (Å²) in [5.41, 5.74) is 0.265. The van der Waals surface area contributed by atoms with Gasteiger partial charge in [-0.25, -0.2) is 17.2 Å². The van der Waals surface area contributed by atoms with Crippen LogP contribution in [-0.4, -0.2) is 25.6 Å². The van der Waals surface area contributed by atoms with Gasteiger partial charge < -0.3 is 14.5 Å². The van der Waals surface area contributed by atoms with Gasteiger partial charge in [0.15, 0.2) is 17.3 Å². The first-order valence-electron chi connectivity index (χ1n) is 9.49. The van der Waals surface area contributed by atoms with Gasteiger partial charge in [-0.05, 0) is 41.3 Å². The van der Waals surface area contributed by atoms with Crippen molar-refractivity contribution in [2.75, 3.05) is 11.0 Å². The highest BCUT2D eigenvalue weighted by atomic mass is 32.2. The highest BCUT2D eigenvalue weighted by Crippen LogP contribution is 2.25. The molecule has 32 heavy (non-hydrogen) atoms. The Bertz CT molecular complexity index is 1220. The van der Waals surface area contributed by atoms with E-state index >= 15 is 0 Å². The van der Waals surface area contributed by atoms with Crippen LogP contribution in [0.25, 0.3) is 0 Å². The van der Waals surface area contributed by atoms with Gasteiger partial charge in [0, 0.05) is 6.54 Å². The average molecular weight is 465 g/mol. The van der Waals surface area contributed by atoms with E-state index in [0.717, 1.165) is 30.2 Å². The maximum atomic E-state index is 14.1. The van der Waals surface area contributed by atoms with E-state index in [1.165, 1.54) is 0 Å². The van der Waals surface area contributed by atoms with Crippen LogP contribution in [0.5, 0.6) is 11.8 Å². The van der Waals surface area contributed by atoms with E-state index in [-0.39, 0.29) is 23.9 Å². The fourth-order valence-electron chi connectivity index (χ4n) is 2.73. The van der Waals surface area contributed by atoms with Crippen molar-refractivity contribution in [1.82, 2.24) is 10.3 Å². The minimum Gasteiger partial charge on any atom is -0.416 e. The number of benzene rings is 2. The van der Waals surface area contributed by atoms with Gasteiger partial charge >= 0.3 is 6.08 Å². The Morgan fingerprint density at radius 3 is 2.50 bits per heavy atom. The number of hydrogen-bond acceptors (Lipinski definition) is 6. The molecule has 3 rings (SSSR count). The van der Waals surface area contributed by atoms with E-state index in [0.29, 0.717) is 11.7 Å². The summed E-state index contributed by atoms with van der Waals surface area (Å²) >= 11 is 0. The van der Waals surface area contributed by atoms with Crippen LogP contribution in [0, 0.1) is 11.6 Å². The summed E-state index contributed by atoms with van der Waals surface area (Å²) in [5.74, 6) is -2.08. The van der Waals surface area contributed by atoms with Gasteiger partial charge in [-0.2, -0.15) is 4.98 Å². The van der Waals surface area contributed by atoms with Crippen molar-refractivity contribution in [3.05, 3.63) is 71.1 Å². The number of carbonyl (C=O) groups excluding carboxylic acids is 1. The third-order valence-corrected chi connectivity index (χ3v) is 4.86. The van der Waals surface area contributed by atoms with E-state index < -0.39 is 33.3 Å². The topological polar surface area (TPSA) is 111 Å². The van der Waals surface area contributed by atoms with E-state index in [1.807, 2.05) is 32.0 Å². The summed E-state index contributed by atoms with van der Waals surface area (Å²) in [4.78, 5) is 16.2. The lowest BCUT2D eigenvalue weighted by Gasteiger charge is -2.09. The lowest BCUT2D eigenvalue weighted by molar-refractivity contribution is 0.0945. The first kappa shape index (κ1) is 23.2.